The summed E-state index contributed by atoms with van der Waals surface area (Å²) in [5, 5.41) is 0. The molecule has 0 bridgehead atoms. The van der Waals surface area contributed by atoms with Gasteiger partial charge in [-0.15, -0.1) is 0 Å². The van der Waals surface area contributed by atoms with Crippen molar-refractivity contribution in [1.82, 2.24) is 0 Å². The van der Waals surface area contributed by atoms with Gasteiger partial charge in [-0.1, -0.05) is 194 Å². The van der Waals surface area contributed by atoms with Crippen molar-refractivity contribution in [2.75, 3.05) is 13.2 Å². The normalized spacial score (nSPS) is 11.3. The smallest absolute Gasteiger partial charge is 0.306 e. The van der Waals surface area contributed by atoms with E-state index in [1.165, 1.54) is 38.5 Å². The van der Waals surface area contributed by atoms with Gasteiger partial charge in [-0.25, -0.2) is 0 Å². The van der Waals surface area contributed by atoms with Crippen molar-refractivity contribution in [3.8, 4) is 0 Å². The maximum absolute atomic E-state index is 12.8. The van der Waals surface area contributed by atoms with Gasteiger partial charge in [0.15, 0.2) is 6.10 Å². The lowest BCUT2D eigenvalue weighted by atomic mass is 10.0. The van der Waals surface area contributed by atoms with Gasteiger partial charge in [-0.3, -0.25) is 28.8 Å². The number of Topliss-reactive ketones (excluding diaryl/α,β-unsaturated/α-hetero) is 3. The molecule has 0 aromatic rings. The maximum Gasteiger partial charge on any atom is 0.306 e. The fourth-order valence-corrected chi connectivity index (χ4v) is 8.46. The van der Waals surface area contributed by atoms with Crippen molar-refractivity contribution in [2.45, 2.75) is 316 Å². The van der Waals surface area contributed by atoms with Gasteiger partial charge in [0.2, 0.25) is 0 Å². The average Bonchev–Trinajstić information content (AvgIpc) is 3.30. The second-order valence-corrected chi connectivity index (χ2v) is 19.5. The van der Waals surface area contributed by atoms with Crippen LogP contribution in [-0.2, 0) is 43.0 Å². The van der Waals surface area contributed by atoms with Crippen LogP contribution in [0.4, 0.5) is 0 Å². The fourth-order valence-electron chi connectivity index (χ4n) is 8.46. The SMILES string of the molecule is CCCCCCC(=O)CCCCCCCCCCC(=O)OCC(COC(=O)CCCCCCCCCCC(=O)CCCCCC)OC(=O)CCCCCCCCCCC(=O)CCCCCC. The molecular formula is C57H104O9. The second kappa shape index (κ2) is 50.3. The largest absolute Gasteiger partial charge is 0.462 e. The number of hydrogen-bond acceptors (Lipinski definition) is 9. The molecule has 0 aliphatic heterocycles. The van der Waals surface area contributed by atoms with Crippen molar-refractivity contribution in [3.63, 3.8) is 0 Å². The molecule has 0 saturated heterocycles. The topological polar surface area (TPSA) is 130 Å². The standard InChI is InChI=1S/C57H104O9/c1-4-7-10-31-40-51(58)43-34-25-19-13-16-22-28-37-46-55(61)64-49-54(66-57(63)48-39-30-24-18-15-21-27-36-45-53(60)42-33-12-9-6-3)50-65-56(62)47-38-29-23-17-14-20-26-35-44-52(59)41-32-11-8-5-2/h54H,4-50H2,1-3H3. The molecule has 0 aliphatic carbocycles. The van der Waals surface area contributed by atoms with E-state index in [2.05, 4.69) is 20.8 Å². The molecule has 0 N–H and O–H groups in total. The molecular weight excluding hydrogens is 829 g/mol. The number of carbonyl (C=O) groups excluding carboxylic acids is 6. The molecule has 0 aromatic heterocycles. The summed E-state index contributed by atoms with van der Waals surface area (Å²) in [6, 6.07) is 0. The van der Waals surface area contributed by atoms with E-state index in [9.17, 15) is 28.8 Å². The van der Waals surface area contributed by atoms with Gasteiger partial charge < -0.3 is 14.2 Å². The lowest BCUT2D eigenvalue weighted by molar-refractivity contribution is -0.167. The van der Waals surface area contributed by atoms with E-state index < -0.39 is 6.10 Å². The minimum absolute atomic E-state index is 0.128. The number of ether oxygens (including phenoxy) is 3. The number of rotatable bonds is 53. The minimum Gasteiger partial charge on any atom is -0.462 e. The summed E-state index contributed by atoms with van der Waals surface area (Å²) in [6.45, 7) is 6.30. The Balaban J connectivity index is 4.42. The summed E-state index contributed by atoms with van der Waals surface area (Å²) in [5.41, 5.74) is 0. The van der Waals surface area contributed by atoms with Crippen molar-refractivity contribution in [1.29, 1.82) is 0 Å². The van der Waals surface area contributed by atoms with E-state index >= 15 is 0 Å². The lowest BCUT2D eigenvalue weighted by Gasteiger charge is -2.18. The highest BCUT2D eigenvalue weighted by Crippen LogP contribution is 2.17. The van der Waals surface area contributed by atoms with E-state index in [0.29, 0.717) is 36.6 Å². The molecule has 0 heterocycles. The first-order chi connectivity index (χ1) is 32.2. The van der Waals surface area contributed by atoms with Crippen LogP contribution in [0.1, 0.15) is 310 Å². The molecule has 66 heavy (non-hydrogen) atoms. The predicted molar refractivity (Wildman–Crippen MR) is 272 cm³/mol. The van der Waals surface area contributed by atoms with E-state index in [0.717, 1.165) is 225 Å². The van der Waals surface area contributed by atoms with Crippen molar-refractivity contribution in [2.24, 2.45) is 0 Å². The molecule has 386 valence electrons. The zero-order chi connectivity index (χ0) is 48.4. The Labute approximate surface area is 405 Å². The molecule has 0 atom stereocenters. The number of hydrogen-bond donors (Lipinski definition) is 0. The first-order valence-corrected chi connectivity index (χ1v) is 28.3. The number of ketones is 3. The number of esters is 3. The number of carbonyl (C=O) groups is 6. The molecule has 9 nitrogen and oxygen atoms in total. The second-order valence-electron chi connectivity index (χ2n) is 19.5. The molecule has 0 fully saturated rings. The Morgan fingerprint density at radius 1 is 0.258 bits per heavy atom. The first kappa shape index (κ1) is 63.4. The molecule has 0 amide bonds. The Kier molecular flexibility index (Phi) is 48.3. The summed E-state index contributed by atoms with van der Waals surface area (Å²) >= 11 is 0. The van der Waals surface area contributed by atoms with Crippen LogP contribution in [0.2, 0.25) is 0 Å². The quantitative estimate of drug-likeness (QED) is 0.0332. The summed E-state index contributed by atoms with van der Waals surface area (Å²) < 4.78 is 16.7. The van der Waals surface area contributed by atoms with Gasteiger partial charge in [0.05, 0.1) is 0 Å². The van der Waals surface area contributed by atoms with Crippen molar-refractivity contribution < 1.29 is 43.0 Å². The van der Waals surface area contributed by atoms with Gasteiger partial charge >= 0.3 is 17.9 Å². The van der Waals surface area contributed by atoms with E-state index in [-0.39, 0.29) is 37.5 Å². The molecule has 0 aromatic carbocycles. The van der Waals surface area contributed by atoms with E-state index in [1.54, 1.807) is 0 Å². The van der Waals surface area contributed by atoms with Crippen molar-refractivity contribution in [3.05, 3.63) is 0 Å². The number of unbranched alkanes of at least 4 members (excludes halogenated alkanes) is 30. The van der Waals surface area contributed by atoms with Gasteiger partial charge in [0, 0.05) is 57.8 Å². The molecule has 0 unspecified atom stereocenters. The molecule has 9 heteroatoms. The van der Waals surface area contributed by atoms with Crippen molar-refractivity contribution >= 4 is 35.3 Å². The maximum atomic E-state index is 12.8. The highest BCUT2D eigenvalue weighted by Gasteiger charge is 2.20. The minimum atomic E-state index is -0.832. The van der Waals surface area contributed by atoms with Gasteiger partial charge in [-0.05, 0) is 57.8 Å². The predicted octanol–water partition coefficient (Wildman–Crippen LogP) is 16.3. The van der Waals surface area contributed by atoms with Crippen LogP contribution in [0, 0.1) is 0 Å². The van der Waals surface area contributed by atoms with Crippen LogP contribution < -0.4 is 0 Å². The van der Waals surface area contributed by atoms with Crippen LogP contribution >= 0.6 is 0 Å². The van der Waals surface area contributed by atoms with Crippen LogP contribution in [-0.4, -0.2) is 54.6 Å². The Bertz CT molecular complexity index is 1110. The van der Waals surface area contributed by atoms with Crippen LogP contribution in [0.25, 0.3) is 0 Å². The van der Waals surface area contributed by atoms with Gasteiger partial charge in [0.1, 0.15) is 30.6 Å². The van der Waals surface area contributed by atoms with Gasteiger partial charge in [-0.2, -0.15) is 0 Å². The van der Waals surface area contributed by atoms with Crippen LogP contribution in [0.3, 0.4) is 0 Å². The Morgan fingerprint density at radius 2 is 0.455 bits per heavy atom. The lowest BCUT2D eigenvalue weighted by Crippen LogP contribution is -2.30. The molecule has 0 spiro atoms. The average molecular weight is 933 g/mol. The van der Waals surface area contributed by atoms with E-state index in [1.807, 2.05) is 0 Å². The molecule has 0 rings (SSSR count). The fraction of sp³-hybridized carbons (Fsp3) is 0.895. The third-order valence-electron chi connectivity index (χ3n) is 12.8. The van der Waals surface area contributed by atoms with Crippen LogP contribution in [0.5, 0.6) is 0 Å². The molecule has 0 aliphatic rings. The van der Waals surface area contributed by atoms with E-state index in [4.69, 9.17) is 14.2 Å². The summed E-state index contributed by atoms with van der Waals surface area (Å²) in [5.74, 6) is 0.207. The molecule has 0 radical (unpaired) electrons. The summed E-state index contributed by atoms with van der Waals surface area (Å²) in [4.78, 5) is 74.2. The monoisotopic (exact) mass is 933 g/mol. The highest BCUT2D eigenvalue weighted by atomic mass is 16.6. The summed E-state index contributed by atoms with van der Waals surface area (Å²) in [6.07, 6.45) is 42.9. The third-order valence-corrected chi connectivity index (χ3v) is 12.8. The zero-order valence-electron chi connectivity index (χ0n) is 43.5. The first-order valence-electron chi connectivity index (χ1n) is 28.3. The highest BCUT2D eigenvalue weighted by molar-refractivity contribution is 5.79. The Morgan fingerprint density at radius 3 is 0.697 bits per heavy atom. The zero-order valence-corrected chi connectivity index (χ0v) is 43.5. The third kappa shape index (κ3) is 47.9. The molecule has 0 saturated carbocycles. The van der Waals surface area contributed by atoms with Gasteiger partial charge in [0.25, 0.3) is 0 Å². The summed E-state index contributed by atoms with van der Waals surface area (Å²) in [7, 11) is 0. The van der Waals surface area contributed by atoms with Crippen LogP contribution in [0.15, 0.2) is 0 Å². The Hall–Kier alpha value is -2.58.